The summed E-state index contributed by atoms with van der Waals surface area (Å²) in [6, 6.07) is 6.40. The molecule has 3 nitrogen and oxygen atoms in total. The molecule has 1 atom stereocenters. The van der Waals surface area contributed by atoms with E-state index in [9.17, 15) is 4.39 Å². The van der Waals surface area contributed by atoms with Gasteiger partial charge in [-0.05, 0) is 23.8 Å². The average Bonchev–Trinajstić information content (AvgIpc) is 2.34. The standard InChI is InChI=1S/C12H10BrClFN3/c13-7-1-2-8(10(14)5-7)12(18-16)9-3-4-17-6-11(9)15/h1-6,12,18H,16H2. The van der Waals surface area contributed by atoms with E-state index in [2.05, 4.69) is 26.3 Å². The molecule has 0 saturated carbocycles. The van der Waals surface area contributed by atoms with Crippen molar-refractivity contribution in [3.05, 3.63) is 63.1 Å². The van der Waals surface area contributed by atoms with Crippen LogP contribution < -0.4 is 11.3 Å². The molecule has 0 bridgehead atoms. The van der Waals surface area contributed by atoms with Crippen molar-refractivity contribution in [3.63, 3.8) is 0 Å². The summed E-state index contributed by atoms with van der Waals surface area (Å²) in [5.74, 6) is 5.07. The lowest BCUT2D eigenvalue weighted by Gasteiger charge is -2.18. The SMILES string of the molecule is NNC(c1ccncc1F)c1ccc(Br)cc1Cl. The van der Waals surface area contributed by atoms with E-state index in [1.54, 1.807) is 18.2 Å². The fourth-order valence-corrected chi connectivity index (χ4v) is 2.49. The number of hydrogen-bond acceptors (Lipinski definition) is 3. The first-order valence-electron chi connectivity index (χ1n) is 5.14. The second-order valence-electron chi connectivity index (χ2n) is 3.66. The molecule has 6 heteroatoms. The van der Waals surface area contributed by atoms with E-state index in [-0.39, 0.29) is 0 Å². The second kappa shape index (κ2) is 5.75. The van der Waals surface area contributed by atoms with Gasteiger partial charge in [0, 0.05) is 21.3 Å². The molecule has 1 aromatic carbocycles. The first-order valence-corrected chi connectivity index (χ1v) is 6.31. The molecule has 2 rings (SSSR count). The summed E-state index contributed by atoms with van der Waals surface area (Å²) in [6.45, 7) is 0. The summed E-state index contributed by atoms with van der Waals surface area (Å²) in [7, 11) is 0. The lowest BCUT2D eigenvalue weighted by Crippen LogP contribution is -2.29. The van der Waals surface area contributed by atoms with Crippen molar-refractivity contribution < 1.29 is 4.39 Å². The topological polar surface area (TPSA) is 50.9 Å². The number of nitrogens with one attached hydrogen (secondary N) is 1. The summed E-state index contributed by atoms with van der Waals surface area (Å²) in [4.78, 5) is 3.71. The normalized spacial score (nSPS) is 12.4. The third-order valence-electron chi connectivity index (χ3n) is 2.55. The third kappa shape index (κ3) is 2.70. The minimum atomic E-state index is -0.520. The molecule has 0 saturated heterocycles. The van der Waals surface area contributed by atoms with Gasteiger partial charge in [-0.3, -0.25) is 10.8 Å². The smallest absolute Gasteiger partial charge is 0.146 e. The van der Waals surface area contributed by atoms with Crippen LogP contribution in [-0.4, -0.2) is 4.98 Å². The maximum atomic E-state index is 13.7. The molecular weight excluding hydrogens is 321 g/mol. The van der Waals surface area contributed by atoms with Gasteiger partial charge < -0.3 is 0 Å². The number of hydrazine groups is 1. The summed E-state index contributed by atoms with van der Waals surface area (Å²) >= 11 is 9.46. The highest BCUT2D eigenvalue weighted by Crippen LogP contribution is 2.30. The van der Waals surface area contributed by atoms with Crippen LogP contribution in [0.2, 0.25) is 5.02 Å². The van der Waals surface area contributed by atoms with E-state index in [4.69, 9.17) is 17.4 Å². The molecular formula is C12H10BrClFN3. The molecule has 1 unspecified atom stereocenters. The molecule has 0 aliphatic rings. The quantitative estimate of drug-likeness (QED) is 0.671. The van der Waals surface area contributed by atoms with Gasteiger partial charge >= 0.3 is 0 Å². The van der Waals surface area contributed by atoms with Gasteiger partial charge in [-0.25, -0.2) is 9.82 Å². The predicted molar refractivity (Wildman–Crippen MR) is 72.5 cm³/mol. The molecule has 1 heterocycles. The Kier molecular flexibility index (Phi) is 4.29. The highest BCUT2D eigenvalue weighted by Gasteiger charge is 2.19. The largest absolute Gasteiger partial charge is 0.271 e. The molecule has 94 valence electrons. The maximum absolute atomic E-state index is 13.7. The highest BCUT2D eigenvalue weighted by molar-refractivity contribution is 9.10. The molecule has 18 heavy (non-hydrogen) atoms. The lowest BCUT2D eigenvalue weighted by molar-refractivity contribution is 0.555. The fraction of sp³-hybridized carbons (Fsp3) is 0.0833. The van der Waals surface area contributed by atoms with Gasteiger partial charge in [-0.15, -0.1) is 0 Å². The second-order valence-corrected chi connectivity index (χ2v) is 4.99. The third-order valence-corrected chi connectivity index (χ3v) is 3.38. The Morgan fingerprint density at radius 3 is 2.72 bits per heavy atom. The van der Waals surface area contributed by atoms with Crippen molar-refractivity contribution in [2.75, 3.05) is 0 Å². The van der Waals surface area contributed by atoms with Crippen LogP contribution in [0.5, 0.6) is 0 Å². The minimum Gasteiger partial charge on any atom is -0.271 e. The van der Waals surface area contributed by atoms with Crippen molar-refractivity contribution in [3.8, 4) is 0 Å². The number of pyridine rings is 1. The van der Waals surface area contributed by atoms with Crippen LogP contribution in [0.3, 0.4) is 0 Å². The number of nitrogens with zero attached hydrogens (tertiary/aromatic N) is 1. The average molecular weight is 331 g/mol. The van der Waals surface area contributed by atoms with Crippen LogP contribution in [0, 0.1) is 5.82 Å². The number of halogens is 3. The summed E-state index contributed by atoms with van der Waals surface area (Å²) in [5, 5.41) is 0.503. The number of hydrogen-bond donors (Lipinski definition) is 2. The molecule has 2 aromatic rings. The van der Waals surface area contributed by atoms with E-state index in [1.165, 1.54) is 6.20 Å². The van der Waals surface area contributed by atoms with Gasteiger partial charge in [0.25, 0.3) is 0 Å². The van der Waals surface area contributed by atoms with Crippen molar-refractivity contribution >= 4 is 27.5 Å². The molecule has 1 aromatic heterocycles. The molecule has 0 radical (unpaired) electrons. The summed E-state index contributed by atoms with van der Waals surface area (Å²) in [6.07, 6.45) is 2.65. The first kappa shape index (κ1) is 13.4. The lowest BCUT2D eigenvalue weighted by atomic mass is 10.00. The minimum absolute atomic E-state index is 0.400. The van der Waals surface area contributed by atoms with Crippen molar-refractivity contribution in [2.24, 2.45) is 5.84 Å². The summed E-state index contributed by atoms with van der Waals surface area (Å²) < 4.78 is 14.6. The van der Waals surface area contributed by atoms with E-state index in [0.29, 0.717) is 16.1 Å². The van der Waals surface area contributed by atoms with Crippen LogP contribution in [-0.2, 0) is 0 Å². The van der Waals surface area contributed by atoms with E-state index in [1.807, 2.05) is 6.07 Å². The van der Waals surface area contributed by atoms with Crippen molar-refractivity contribution in [1.29, 1.82) is 0 Å². The van der Waals surface area contributed by atoms with Crippen LogP contribution in [0.4, 0.5) is 4.39 Å². The van der Waals surface area contributed by atoms with Crippen LogP contribution >= 0.6 is 27.5 Å². The van der Waals surface area contributed by atoms with Gasteiger partial charge in [-0.1, -0.05) is 33.6 Å². The number of rotatable bonds is 3. The fourth-order valence-electron chi connectivity index (χ4n) is 1.70. The zero-order valence-corrected chi connectivity index (χ0v) is 11.5. The maximum Gasteiger partial charge on any atom is 0.146 e. The monoisotopic (exact) mass is 329 g/mol. The van der Waals surface area contributed by atoms with Crippen LogP contribution in [0.15, 0.2) is 41.1 Å². The molecule has 0 aliphatic heterocycles. The molecule has 0 fully saturated rings. The Bertz CT molecular complexity index is 565. The van der Waals surface area contributed by atoms with E-state index >= 15 is 0 Å². The Balaban J connectivity index is 2.49. The number of nitrogens with two attached hydrogens (primary N) is 1. The predicted octanol–water partition coefficient (Wildman–Crippen LogP) is 3.19. The van der Waals surface area contributed by atoms with Gasteiger partial charge in [0.2, 0.25) is 0 Å². The van der Waals surface area contributed by atoms with Crippen molar-refractivity contribution in [1.82, 2.24) is 10.4 Å². The Morgan fingerprint density at radius 1 is 1.33 bits per heavy atom. The summed E-state index contributed by atoms with van der Waals surface area (Å²) in [5.41, 5.74) is 3.67. The van der Waals surface area contributed by atoms with Gasteiger partial charge in [-0.2, -0.15) is 0 Å². The molecule has 0 aliphatic carbocycles. The first-order chi connectivity index (χ1) is 8.63. The van der Waals surface area contributed by atoms with Crippen LogP contribution in [0.25, 0.3) is 0 Å². The molecule has 0 amide bonds. The zero-order chi connectivity index (χ0) is 13.1. The Labute approximate surface area is 117 Å². The Morgan fingerprint density at radius 2 is 2.11 bits per heavy atom. The van der Waals surface area contributed by atoms with Gasteiger partial charge in [0.05, 0.1) is 12.2 Å². The molecule has 3 N–H and O–H groups in total. The van der Waals surface area contributed by atoms with Gasteiger partial charge in [0.15, 0.2) is 0 Å². The zero-order valence-electron chi connectivity index (χ0n) is 9.20. The van der Waals surface area contributed by atoms with Crippen LogP contribution in [0.1, 0.15) is 17.2 Å². The van der Waals surface area contributed by atoms with Crippen molar-refractivity contribution in [2.45, 2.75) is 6.04 Å². The Hall–Kier alpha value is -1.01. The van der Waals surface area contributed by atoms with E-state index < -0.39 is 11.9 Å². The highest BCUT2D eigenvalue weighted by atomic mass is 79.9. The van der Waals surface area contributed by atoms with E-state index in [0.717, 1.165) is 10.7 Å². The number of benzene rings is 1. The molecule has 0 spiro atoms. The van der Waals surface area contributed by atoms with Gasteiger partial charge in [0.1, 0.15) is 5.82 Å². The number of aromatic nitrogens is 1.